The molecule has 1 fully saturated rings. The van der Waals surface area contributed by atoms with E-state index in [9.17, 15) is 9.59 Å². The lowest BCUT2D eigenvalue weighted by Crippen LogP contribution is -2.41. The molecule has 1 aromatic rings. The van der Waals surface area contributed by atoms with Crippen LogP contribution in [0, 0.1) is 6.92 Å². The quantitative estimate of drug-likeness (QED) is 0.826. The van der Waals surface area contributed by atoms with Crippen molar-refractivity contribution in [2.45, 2.75) is 25.8 Å². The molecule has 0 aliphatic carbocycles. The fourth-order valence-corrected chi connectivity index (χ4v) is 2.17. The molecular weight excluding hydrogens is 250 g/mol. The molecule has 1 aliphatic heterocycles. The maximum atomic E-state index is 12.0. The van der Waals surface area contributed by atoms with Gasteiger partial charge in [-0.05, 0) is 19.8 Å². The van der Waals surface area contributed by atoms with E-state index in [4.69, 9.17) is 4.52 Å². The number of carbonyl (C=O) groups excluding carboxylic acids is 2. The first-order valence-electron chi connectivity index (χ1n) is 6.16. The number of aromatic nitrogens is 1. The minimum absolute atomic E-state index is 0.112. The molecule has 0 spiro atoms. The summed E-state index contributed by atoms with van der Waals surface area (Å²) < 4.78 is 9.69. The Morgan fingerprint density at radius 1 is 1.63 bits per heavy atom. The third-order valence-corrected chi connectivity index (χ3v) is 3.10. The summed E-state index contributed by atoms with van der Waals surface area (Å²) >= 11 is 0. The molecule has 0 radical (unpaired) electrons. The number of aryl methyl sites for hydroxylation is 1. The minimum Gasteiger partial charge on any atom is -0.468 e. The van der Waals surface area contributed by atoms with Crippen LogP contribution in [0.4, 0.5) is 4.79 Å². The summed E-state index contributed by atoms with van der Waals surface area (Å²) in [6, 6.07) is 1.43. The zero-order chi connectivity index (χ0) is 13.8. The molecule has 7 nitrogen and oxygen atoms in total. The average Bonchev–Trinajstić information content (AvgIpc) is 3.03. The maximum Gasteiger partial charge on any atom is 0.325 e. The van der Waals surface area contributed by atoms with E-state index in [1.165, 1.54) is 7.11 Å². The van der Waals surface area contributed by atoms with Crippen molar-refractivity contribution in [3.8, 4) is 0 Å². The molecule has 1 aromatic heterocycles. The van der Waals surface area contributed by atoms with E-state index in [0.29, 0.717) is 12.3 Å². The largest absolute Gasteiger partial charge is 0.468 e. The van der Waals surface area contributed by atoms with E-state index in [-0.39, 0.29) is 18.6 Å². The lowest BCUT2D eigenvalue weighted by molar-refractivity contribution is -0.139. The van der Waals surface area contributed by atoms with Gasteiger partial charge in [-0.1, -0.05) is 5.16 Å². The van der Waals surface area contributed by atoms with Crippen molar-refractivity contribution in [2.75, 3.05) is 20.2 Å². The third-order valence-electron chi connectivity index (χ3n) is 3.10. The first-order valence-corrected chi connectivity index (χ1v) is 6.16. The zero-order valence-electron chi connectivity index (χ0n) is 11.0. The number of hydrogen-bond donors (Lipinski definition) is 1. The van der Waals surface area contributed by atoms with Gasteiger partial charge in [-0.15, -0.1) is 0 Å². The van der Waals surface area contributed by atoms with Crippen LogP contribution in [0.25, 0.3) is 0 Å². The highest BCUT2D eigenvalue weighted by atomic mass is 16.5. The van der Waals surface area contributed by atoms with Crippen LogP contribution in [-0.4, -0.2) is 42.3 Å². The van der Waals surface area contributed by atoms with Gasteiger partial charge in [-0.2, -0.15) is 0 Å². The minimum atomic E-state index is -0.473. The van der Waals surface area contributed by atoms with Gasteiger partial charge in [0, 0.05) is 12.6 Å². The topological polar surface area (TPSA) is 84.7 Å². The predicted octanol–water partition coefficient (Wildman–Crippen LogP) is 1.00. The second kappa shape index (κ2) is 5.73. The highest BCUT2D eigenvalue weighted by molar-refractivity contribution is 5.81. The lowest BCUT2D eigenvalue weighted by Gasteiger charge is -2.22. The molecule has 7 heteroatoms. The highest BCUT2D eigenvalue weighted by Crippen LogP contribution is 2.31. The molecular formula is C12H17N3O4. The van der Waals surface area contributed by atoms with Crippen molar-refractivity contribution in [1.82, 2.24) is 15.4 Å². The van der Waals surface area contributed by atoms with Gasteiger partial charge >= 0.3 is 12.0 Å². The normalized spacial score (nSPS) is 18.4. The Bertz CT molecular complexity index is 471. The van der Waals surface area contributed by atoms with Crippen molar-refractivity contribution in [2.24, 2.45) is 0 Å². The molecule has 0 aromatic carbocycles. The van der Waals surface area contributed by atoms with Crippen molar-refractivity contribution >= 4 is 12.0 Å². The lowest BCUT2D eigenvalue weighted by atomic mass is 10.1. The fourth-order valence-electron chi connectivity index (χ4n) is 2.17. The number of urea groups is 1. The Hall–Kier alpha value is -2.05. The predicted molar refractivity (Wildman–Crippen MR) is 65.3 cm³/mol. The highest BCUT2D eigenvalue weighted by Gasteiger charge is 2.32. The summed E-state index contributed by atoms with van der Waals surface area (Å²) in [7, 11) is 1.28. The standard InChI is InChI=1S/C12H17N3O4/c1-8-6-10(19-14-8)9-4-3-5-15(9)12(17)13-7-11(16)18-2/h6,9H,3-5,7H2,1-2H3,(H,13,17)/t9-/m1/s1. The smallest absolute Gasteiger partial charge is 0.325 e. The van der Waals surface area contributed by atoms with Crippen LogP contribution in [0.2, 0.25) is 0 Å². The number of ether oxygens (including phenoxy) is 1. The Morgan fingerprint density at radius 3 is 3.05 bits per heavy atom. The van der Waals surface area contributed by atoms with Crippen molar-refractivity contribution in [3.63, 3.8) is 0 Å². The van der Waals surface area contributed by atoms with E-state index >= 15 is 0 Å². The number of rotatable bonds is 3. The van der Waals surface area contributed by atoms with E-state index < -0.39 is 5.97 Å². The van der Waals surface area contributed by atoms with E-state index in [0.717, 1.165) is 18.5 Å². The van der Waals surface area contributed by atoms with Crippen LogP contribution >= 0.6 is 0 Å². The molecule has 2 amide bonds. The van der Waals surface area contributed by atoms with Gasteiger partial charge in [0.2, 0.25) is 0 Å². The average molecular weight is 267 g/mol. The zero-order valence-corrected chi connectivity index (χ0v) is 11.0. The number of carbonyl (C=O) groups is 2. The fraction of sp³-hybridized carbons (Fsp3) is 0.583. The number of amides is 2. The molecule has 2 heterocycles. The monoisotopic (exact) mass is 267 g/mol. The molecule has 0 unspecified atom stereocenters. The van der Waals surface area contributed by atoms with Crippen LogP contribution in [0.5, 0.6) is 0 Å². The Morgan fingerprint density at radius 2 is 2.42 bits per heavy atom. The van der Waals surface area contributed by atoms with E-state index in [2.05, 4.69) is 15.2 Å². The van der Waals surface area contributed by atoms with Crippen molar-refractivity contribution in [3.05, 3.63) is 17.5 Å². The van der Waals surface area contributed by atoms with Gasteiger partial charge in [0.05, 0.1) is 18.8 Å². The van der Waals surface area contributed by atoms with Gasteiger partial charge < -0.3 is 19.5 Å². The van der Waals surface area contributed by atoms with Gasteiger partial charge in [0.15, 0.2) is 5.76 Å². The molecule has 1 saturated heterocycles. The number of nitrogens with zero attached hydrogens (tertiary/aromatic N) is 2. The molecule has 1 aliphatic rings. The molecule has 0 bridgehead atoms. The Balaban J connectivity index is 1.98. The van der Waals surface area contributed by atoms with Crippen LogP contribution in [0.3, 0.4) is 0 Å². The summed E-state index contributed by atoms with van der Waals surface area (Å²) in [6.45, 7) is 2.34. The molecule has 1 atom stereocenters. The van der Waals surface area contributed by atoms with Gasteiger partial charge in [0.1, 0.15) is 6.54 Å². The second-order valence-electron chi connectivity index (χ2n) is 4.46. The molecule has 1 N–H and O–H groups in total. The molecule has 19 heavy (non-hydrogen) atoms. The van der Waals surface area contributed by atoms with Crippen molar-refractivity contribution in [1.29, 1.82) is 0 Å². The number of esters is 1. The molecule has 104 valence electrons. The van der Waals surface area contributed by atoms with E-state index in [1.807, 2.05) is 13.0 Å². The van der Waals surface area contributed by atoms with Gasteiger partial charge in [-0.3, -0.25) is 4.79 Å². The SMILES string of the molecule is COC(=O)CNC(=O)N1CCC[C@@H]1c1cc(C)no1. The van der Waals surface area contributed by atoms with Crippen LogP contribution in [-0.2, 0) is 9.53 Å². The summed E-state index contributed by atoms with van der Waals surface area (Å²) in [5.74, 6) is 0.211. The van der Waals surface area contributed by atoms with Crippen LogP contribution in [0.1, 0.15) is 30.3 Å². The third kappa shape index (κ3) is 3.04. The van der Waals surface area contributed by atoms with Crippen LogP contribution in [0.15, 0.2) is 10.6 Å². The summed E-state index contributed by atoms with van der Waals surface area (Å²) in [6.07, 6.45) is 1.73. The van der Waals surface area contributed by atoms with E-state index in [1.54, 1.807) is 4.90 Å². The first-order chi connectivity index (χ1) is 9.11. The molecule has 0 saturated carbocycles. The van der Waals surface area contributed by atoms with Gasteiger partial charge in [0.25, 0.3) is 0 Å². The second-order valence-corrected chi connectivity index (χ2v) is 4.46. The van der Waals surface area contributed by atoms with Gasteiger partial charge in [-0.25, -0.2) is 4.79 Å². The number of methoxy groups -OCH3 is 1. The summed E-state index contributed by atoms with van der Waals surface area (Å²) in [5.41, 5.74) is 0.789. The number of hydrogen-bond acceptors (Lipinski definition) is 5. The molecule has 2 rings (SSSR count). The van der Waals surface area contributed by atoms with Crippen molar-refractivity contribution < 1.29 is 18.8 Å². The summed E-state index contributed by atoms with van der Waals surface area (Å²) in [4.78, 5) is 24.7. The Labute approximate surface area is 110 Å². The number of likely N-dealkylation sites (tertiary alicyclic amines) is 1. The van der Waals surface area contributed by atoms with Crippen LogP contribution < -0.4 is 5.32 Å². The first kappa shape index (κ1) is 13.4. The number of nitrogens with one attached hydrogen (secondary N) is 1. The summed E-state index contributed by atoms with van der Waals surface area (Å²) in [5, 5.41) is 6.37. The Kier molecular flexibility index (Phi) is 4.03. The maximum absolute atomic E-state index is 12.0.